The zero-order chi connectivity index (χ0) is 12.3. The third-order valence-corrected chi connectivity index (χ3v) is 2.94. The molecule has 0 saturated carbocycles. The molecule has 0 spiro atoms. The second kappa shape index (κ2) is 4.91. The summed E-state index contributed by atoms with van der Waals surface area (Å²) in [5.74, 6) is 0. The van der Waals surface area contributed by atoms with Crippen molar-refractivity contribution in [2.45, 2.75) is 26.4 Å². The fourth-order valence-electron chi connectivity index (χ4n) is 1.87. The first-order valence-corrected chi connectivity index (χ1v) is 5.81. The highest BCUT2D eigenvalue weighted by Gasteiger charge is 2.03. The molecule has 0 bridgehead atoms. The molecule has 2 N–H and O–H groups in total. The van der Waals surface area contributed by atoms with Crippen LogP contribution in [-0.4, -0.2) is 9.13 Å². The summed E-state index contributed by atoms with van der Waals surface area (Å²) in [6.45, 7) is 3.33. The van der Waals surface area contributed by atoms with Gasteiger partial charge in [0.15, 0.2) is 0 Å². The Balaban J connectivity index is 2.10. The minimum absolute atomic E-state index is 0.0435. The molecule has 1 heterocycles. The van der Waals surface area contributed by atoms with Gasteiger partial charge in [0, 0.05) is 31.2 Å². The third kappa shape index (κ3) is 2.41. The second-order valence-electron chi connectivity index (χ2n) is 4.01. The van der Waals surface area contributed by atoms with Crippen LogP contribution in [0.3, 0.4) is 0 Å². The molecule has 4 nitrogen and oxygen atoms in total. The highest BCUT2D eigenvalue weighted by Crippen LogP contribution is 2.11. The van der Waals surface area contributed by atoms with Gasteiger partial charge in [-0.3, -0.25) is 9.13 Å². The molecule has 0 unspecified atom stereocenters. The van der Waals surface area contributed by atoms with Gasteiger partial charge in [-0.15, -0.1) is 0 Å². The van der Waals surface area contributed by atoms with E-state index in [2.05, 4.69) is 0 Å². The van der Waals surface area contributed by atoms with Crippen molar-refractivity contribution in [3.63, 3.8) is 0 Å². The molecule has 2 aromatic rings. The van der Waals surface area contributed by atoms with Gasteiger partial charge < -0.3 is 5.73 Å². The Morgan fingerprint density at radius 1 is 1.18 bits per heavy atom. The molecule has 1 aromatic heterocycles. The second-order valence-corrected chi connectivity index (χ2v) is 4.01. The predicted molar refractivity (Wildman–Crippen MR) is 68.9 cm³/mol. The number of imidazole rings is 1. The van der Waals surface area contributed by atoms with Gasteiger partial charge in [0.1, 0.15) is 0 Å². The number of aryl methyl sites for hydroxylation is 3. The molecule has 0 aliphatic heterocycles. The average Bonchev–Trinajstić information content (AvgIpc) is 2.69. The van der Waals surface area contributed by atoms with Gasteiger partial charge >= 0.3 is 5.69 Å². The highest BCUT2D eigenvalue weighted by atomic mass is 16.1. The maximum absolute atomic E-state index is 11.8. The lowest BCUT2D eigenvalue weighted by atomic mass is 10.1. The smallest absolute Gasteiger partial charge is 0.328 e. The minimum atomic E-state index is 0.0435. The van der Waals surface area contributed by atoms with Gasteiger partial charge in [-0.2, -0.15) is 0 Å². The lowest BCUT2D eigenvalue weighted by molar-refractivity contribution is 0.627. The summed E-state index contributed by atoms with van der Waals surface area (Å²) in [4.78, 5) is 11.8. The van der Waals surface area contributed by atoms with Crippen LogP contribution in [0.4, 0.5) is 5.69 Å². The minimum Gasteiger partial charge on any atom is -0.399 e. The number of aromatic nitrogens is 2. The zero-order valence-electron chi connectivity index (χ0n) is 9.97. The van der Waals surface area contributed by atoms with E-state index in [1.165, 1.54) is 0 Å². The normalized spacial score (nSPS) is 10.6. The lowest BCUT2D eigenvalue weighted by Crippen LogP contribution is -2.24. The van der Waals surface area contributed by atoms with Crippen molar-refractivity contribution in [2.24, 2.45) is 0 Å². The van der Waals surface area contributed by atoms with E-state index in [1.54, 1.807) is 9.13 Å². The van der Waals surface area contributed by atoms with Crippen LogP contribution in [0.5, 0.6) is 0 Å². The molecule has 0 radical (unpaired) electrons. The maximum atomic E-state index is 11.8. The Labute approximate surface area is 100 Å². The third-order valence-electron chi connectivity index (χ3n) is 2.94. The van der Waals surface area contributed by atoms with Gasteiger partial charge in [0.2, 0.25) is 0 Å². The van der Waals surface area contributed by atoms with E-state index < -0.39 is 0 Å². The number of hydrogen-bond donors (Lipinski definition) is 1. The number of anilines is 1. The van der Waals surface area contributed by atoms with E-state index in [-0.39, 0.29) is 5.69 Å². The van der Waals surface area contributed by atoms with Gasteiger partial charge in [-0.25, -0.2) is 4.79 Å². The van der Waals surface area contributed by atoms with E-state index >= 15 is 0 Å². The predicted octanol–water partition coefficient (Wildman–Crippen LogP) is 1.49. The standard InChI is InChI=1S/C13H17N3O/c1-2-15-9-10-16(13(15)17)8-7-11-5-3-4-6-12(11)14/h3-6,9-10H,2,7-8,14H2,1H3. The Morgan fingerprint density at radius 2 is 1.88 bits per heavy atom. The summed E-state index contributed by atoms with van der Waals surface area (Å²) in [7, 11) is 0. The number of nitrogens with two attached hydrogens (primary N) is 1. The Bertz CT molecular complexity index is 554. The first-order valence-electron chi connectivity index (χ1n) is 5.81. The summed E-state index contributed by atoms with van der Waals surface area (Å²) < 4.78 is 3.41. The molecule has 90 valence electrons. The van der Waals surface area contributed by atoms with Crippen LogP contribution in [0, 0.1) is 0 Å². The van der Waals surface area contributed by atoms with Crippen LogP contribution in [0.15, 0.2) is 41.5 Å². The van der Waals surface area contributed by atoms with Crippen LogP contribution in [0.1, 0.15) is 12.5 Å². The van der Waals surface area contributed by atoms with Crippen molar-refractivity contribution < 1.29 is 0 Å². The molecule has 0 aliphatic rings. The topological polar surface area (TPSA) is 52.9 Å². The monoisotopic (exact) mass is 231 g/mol. The number of rotatable bonds is 4. The molecule has 2 rings (SSSR count). The quantitative estimate of drug-likeness (QED) is 0.811. The molecule has 0 aliphatic carbocycles. The van der Waals surface area contributed by atoms with Crippen LogP contribution >= 0.6 is 0 Å². The van der Waals surface area contributed by atoms with E-state index in [0.29, 0.717) is 13.1 Å². The molecule has 17 heavy (non-hydrogen) atoms. The van der Waals surface area contributed by atoms with Gasteiger partial charge in [-0.05, 0) is 25.0 Å². The number of nitrogens with zero attached hydrogens (tertiary/aromatic N) is 2. The largest absolute Gasteiger partial charge is 0.399 e. The fraction of sp³-hybridized carbons (Fsp3) is 0.308. The summed E-state index contributed by atoms with van der Waals surface area (Å²) in [5, 5.41) is 0. The van der Waals surface area contributed by atoms with Crippen molar-refractivity contribution >= 4 is 5.69 Å². The Morgan fingerprint density at radius 3 is 2.53 bits per heavy atom. The van der Waals surface area contributed by atoms with Crippen LogP contribution in [-0.2, 0) is 19.5 Å². The van der Waals surface area contributed by atoms with E-state index in [0.717, 1.165) is 17.7 Å². The van der Waals surface area contributed by atoms with E-state index in [9.17, 15) is 4.79 Å². The maximum Gasteiger partial charge on any atom is 0.328 e. The Hall–Kier alpha value is -1.97. The van der Waals surface area contributed by atoms with Crippen molar-refractivity contribution in [3.05, 3.63) is 52.7 Å². The van der Waals surface area contributed by atoms with Gasteiger partial charge in [0.25, 0.3) is 0 Å². The number of para-hydroxylation sites is 1. The number of nitrogen functional groups attached to an aromatic ring is 1. The molecule has 0 fully saturated rings. The van der Waals surface area contributed by atoms with Crippen molar-refractivity contribution in [1.29, 1.82) is 0 Å². The van der Waals surface area contributed by atoms with Crippen LogP contribution in [0.25, 0.3) is 0 Å². The van der Waals surface area contributed by atoms with E-state index in [4.69, 9.17) is 5.73 Å². The lowest BCUT2D eigenvalue weighted by Gasteiger charge is -2.05. The fourth-order valence-corrected chi connectivity index (χ4v) is 1.87. The first kappa shape index (κ1) is 11.5. The van der Waals surface area contributed by atoms with E-state index in [1.807, 2.05) is 43.6 Å². The first-order chi connectivity index (χ1) is 8.22. The average molecular weight is 231 g/mol. The SMILES string of the molecule is CCn1ccn(CCc2ccccc2N)c1=O. The van der Waals surface area contributed by atoms with Crippen molar-refractivity contribution in [1.82, 2.24) is 9.13 Å². The molecule has 1 aromatic carbocycles. The summed E-state index contributed by atoms with van der Waals surface area (Å²) in [6.07, 6.45) is 4.42. The highest BCUT2D eigenvalue weighted by molar-refractivity contribution is 5.46. The van der Waals surface area contributed by atoms with Crippen molar-refractivity contribution in [2.75, 3.05) is 5.73 Å². The number of hydrogen-bond acceptors (Lipinski definition) is 2. The summed E-state index contributed by atoms with van der Waals surface area (Å²) in [5.41, 5.74) is 7.78. The van der Waals surface area contributed by atoms with Crippen LogP contribution < -0.4 is 11.4 Å². The summed E-state index contributed by atoms with van der Waals surface area (Å²) >= 11 is 0. The molecule has 0 atom stereocenters. The molecule has 0 saturated heterocycles. The van der Waals surface area contributed by atoms with Gasteiger partial charge in [0.05, 0.1) is 0 Å². The summed E-state index contributed by atoms with van der Waals surface area (Å²) in [6, 6.07) is 7.76. The molecule has 0 amide bonds. The van der Waals surface area contributed by atoms with Gasteiger partial charge in [-0.1, -0.05) is 18.2 Å². The molecular weight excluding hydrogens is 214 g/mol. The Kier molecular flexibility index (Phi) is 3.32. The van der Waals surface area contributed by atoms with Crippen molar-refractivity contribution in [3.8, 4) is 0 Å². The molecular formula is C13H17N3O. The van der Waals surface area contributed by atoms with Crippen LogP contribution in [0.2, 0.25) is 0 Å². The zero-order valence-corrected chi connectivity index (χ0v) is 9.97. The molecule has 4 heteroatoms. The number of benzene rings is 1.